The van der Waals surface area contributed by atoms with E-state index in [9.17, 15) is 0 Å². The summed E-state index contributed by atoms with van der Waals surface area (Å²) in [5.41, 5.74) is 1.56. The third kappa shape index (κ3) is 2.28. The van der Waals surface area contributed by atoms with E-state index < -0.39 is 0 Å². The molecule has 120 valence electrons. The highest BCUT2D eigenvalue weighted by atomic mass is 14.2. The highest BCUT2D eigenvalue weighted by Gasteiger charge is 2.16. The molecule has 4 aromatic rings. The van der Waals surface area contributed by atoms with Crippen LogP contribution in [0.1, 0.15) is 44.1 Å². The van der Waals surface area contributed by atoms with E-state index in [4.69, 9.17) is 0 Å². The highest BCUT2D eigenvalue weighted by molar-refractivity contribution is 6.23. The molecule has 0 nitrogen and oxygen atoms in total. The minimum Gasteiger partial charge on any atom is -0.0610 e. The van der Waals surface area contributed by atoms with E-state index in [2.05, 4.69) is 54.6 Å². The van der Waals surface area contributed by atoms with Crippen LogP contribution in [-0.4, -0.2) is 0 Å². The SMILES string of the molecule is c1cc2ccc3ccc(CC4CCCCCC4)c4ccc(c1)c2c34. The molecule has 5 rings (SSSR count). The molecule has 0 bridgehead atoms. The highest BCUT2D eigenvalue weighted by Crippen LogP contribution is 2.37. The molecule has 0 aliphatic heterocycles. The first-order valence-electron chi connectivity index (χ1n) is 9.55. The van der Waals surface area contributed by atoms with Crippen molar-refractivity contribution in [2.45, 2.75) is 44.9 Å². The van der Waals surface area contributed by atoms with E-state index in [0.717, 1.165) is 5.92 Å². The first-order chi connectivity index (χ1) is 11.9. The number of hydrogen-bond acceptors (Lipinski definition) is 0. The summed E-state index contributed by atoms with van der Waals surface area (Å²) in [5, 5.41) is 8.56. The van der Waals surface area contributed by atoms with Crippen molar-refractivity contribution in [3.05, 3.63) is 60.2 Å². The van der Waals surface area contributed by atoms with Crippen molar-refractivity contribution in [3.8, 4) is 0 Å². The molecule has 1 aliphatic carbocycles. The molecule has 0 amide bonds. The molecule has 0 N–H and O–H groups in total. The topological polar surface area (TPSA) is 0 Å². The predicted molar refractivity (Wildman–Crippen MR) is 105 cm³/mol. The molecule has 1 fully saturated rings. The quantitative estimate of drug-likeness (QED) is 0.273. The lowest BCUT2D eigenvalue weighted by Gasteiger charge is -2.18. The third-order valence-corrected chi connectivity index (χ3v) is 6.10. The minimum atomic E-state index is 0.881. The maximum atomic E-state index is 2.40. The maximum Gasteiger partial charge on any atom is -0.00240 e. The van der Waals surface area contributed by atoms with Crippen molar-refractivity contribution in [2.24, 2.45) is 5.92 Å². The van der Waals surface area contributed by atoms with Crippen LogP contribution in [0.2, 0.25) is 0 Å². The normalized spacial score (nSPS) is 17.0. The lowest BCUT2D eigenvalue weighted by Crippen LogP contribution is -2.04. The second-order valence-electron chi connectivity index (χ2n) is 7.64. The molecule has 0 heteroatoms. The average Bonchev–Trinajstić information content (AvgIpc) is 2.90. The predicted octanol–water partition coefficient (Wildman–Crippen LogP) is 7.10. The van der Waals surface area contributed by atoms with Gasteiger partial charge in [-0.15, -0.1) is 0 Å². The maximum absolute atomic E-state index is 2.40. The zero-order valence-corrected chi connectivity index (χ0v) is 14.2. The molecule has 1 aliphatic rings. The van der Waals surface area contributed by atoms with Crippen LogP contribution in [0.3, 0.4) is 0 Å². The number of rotatable bonds is 2. The summed E-state index contributed by atoms with van der Waals surface area (Å²) in [6.07, 6.45) is 9.83. The van der Waals surface area contributed by atoms with E-state index in [1.807, 2.05) is 0 Å². The Morgan fingerprint density at radius 1 is 0.625 bits per heavy atom. The Morgan fingerprint density at radius 2 is 1.25 bits per heavy atom. The van der Waals surface area contributed by atoms with Gasteiger partial charge in [-0.05, 0) is 50.2 Å². The molecule has 0 radical (unpaired) electrons. The van der Waals surface area contributed by atoms with Gasteiger partial charge in [0.15, 0.2) is 0 Å². The molecule has 0 atom stereocenters. The zero-order valence-electron chi connectivity index (χ0n) is 14.2. The summed E-state index contributed by atoms with van der Waals surface area (Å²) in [5.74, 6) is 0.881. The Balaban J connectivity index is 1.69. The van der Waals surface area contributed by atoms with Crippen molar-refractivity contribution < 1.29 is 0 Å². The van der Waals surface area contributed by atoms with Gasteiger partial charge in [0.25, 0.3) is 0 Å². The van der Waals surface area contributed by atoms with Gasteiger partial charge in [0.1, 0.15) is 0 Å². The Morgan fingerprint density at radius 3 is 2.00 bits per heavy atom. The van der Waals surface area contributed by atoms with Crippen LogP contribution >= 0.6 is 0 Å². The molecule has 0 aromatic heterocycles. The summed E-state index contributed by atoms with van der Waals surface area (Å²) in [7, 11) is 0. The van der Waals surface area contributed by atoms with Crippen molar-refractivity contribution >= 4 is 32.3 Å². The van der Waals surface area contributed by atoms with Crippen molar-refractivity contribution in [3.63, 3.8) is 0 Å². The van der Waals surface area contributed by atoms with Gasteiger partial charge in [-0.25, -0.2) is 0 Å². The van der Waals surface area contributed by atoms with Crippen molar-refractivity contribution in [1.82, 2.24) is 0 Å². The largest absolute Gasteiger partial charge is 0.0610 e. The van der Waals surface area contributed by atoms with E-state index in [1.54, 1.807) is 5.56 Å². The molecule has 1 saturated carbocycles. The van der Waals surface area contributed by atoms with Gasteiger partial charge in [0.05, 0.1) is 0 Å². The Labute approximate surface area is 143 Å². The number of hydrogen-bond donors (Lipinski definition) is 0. The summed E-state index contributed by atoms with van der Waals surface area (Å²) in [6, 6.07) is 20.7. The standard InChI is InChI=1S/C24H24/c1-2-4-7-17(6-3-1)16-21-13-12-20-11-10-18-8-5-9-19-14-15-22(21)24(20)23(18)19/h5,8-15,17H,1-4,6-7,16H2. The first kappa shape index (κ1) is 14.3. The lowest BCUT2D eigenvalue weighted by molar-refractivity contribution is 0.459. The molecule has 0 heterocycles. The molecule has 0 spiro atoms. The van der Waals surface area contributed by atoms with E-state index in [-0.39, 0.29) is 0 Å². The summed E-state index contributed by atoms with van der Waals surface area (Å²) in [6.45, 7) is 0. The summed E-state index contributed by atoms with van der Waals surface area (Å²) >= 11 is 0. The van der Waals surface area contributed by atoms with E-state index in [1.165, 1.54) is 77.3 Å². The van der Waals surface area contributed by atoms with Gasteiger partial charge in [-0.2, -0.15) is 0 Å². The van der Waals surface area contributed by atoms with Crippen LogP contribution in [0.5, 0.6) is 0 Å². The van der Waals surface area contributed by atoms with Gasteiger partial charge >= 0.3 is 0 Å². The molecule has 0 saturated heterocycles. The minimum absolute atomic E-state index is 0.881. The van der Waals surface area contributed by atoms with Gasteiger partial charge in [-0.1, -0.05) is 93.1 Å². The van der Waals surface area contributed by atoms with Gasteiger partial charge < -0.3 is 0 Å². The molecule has 0 unspecified atom stereocenters. The smallest absolute Gasteiger partial charge is 0.00240 e. The van der Waals surface area contributed by atoms with Gasteiger partial charge in [0, 0.05) is 0 Å². The number of benzene rings is 4. The van der Waals surface area contributed by atoms with Crippen LogP contribution in [0.4, 0.5) is 0 Å². The molecular weight excluding hydrogens is 288 g/mol. The Bertz CT molecular complexity index is 971. The van der Waals surface area contributed by atoms with Gasteiger partial charge in [0.2, 0.25) is 0 Å². The monoisotopic (exact) mass is 312 g/mol. The fourth-order valence-corrected chi connectivity index (χ4v) is 4.85. The molecule has 24 heavy (non-hydrogen) atoms. The van der Waals surface area contributed by atoms with Crippen molar-refractivity contribution in [1.29, 1.82) is 0 Å². The van der Waals surface area contributed by atoms with Crippen LogP contribution in [0, 0.1) is 5.92 Å². The second kappa shape index (κ2) is 5.77. The molecule has 4 aromatic carbocycles. The van der Waals surface area contributed by atoms with E-state index >= 15 is 0 Å². The van der Waals surface area contributed by atoms with Crippen LogP contribution < -0.4 is 0 Å². The third-order valence-electron chi connectivity index (χ3n) is 6.10. The fraction of sp³-hybridized carbons (Fsp3) is 0.333. The lowest BCUT2D eigenvalue weighted by atomic mass is 9.87. The summed E-state index contributed by atoms with van der Waals surface area (Å²) in [4.78, 5) is 0. The second-order valence-corrected chi connectivity index (χ2v) is 7.64. The summed E-state index contributed by atoms with van der Waals surface area (Å²) < 4.78 is 0. The van der Waals surface area contributed by atoms with Crippen LogP contribution in [0.15, 0.2) is 54.6 Å². The first-order valence-corrected chi connectivity index (χ1v) is 9.55. The fourth-order valence-electron chi connectivity index (χ4n) is 4.85. The zero-order chi connectivity index (χ0) is 15.9. The van der Waals surface area contributed by atoms with Gasteiger partial charge in [-0.3, -0.25) is 0 Å². The molecular formula is C24H24. The van der Waals surface area contributed by atoms with Crippen molar-refractivity contribution in [2.75, 3.05) is 0 Å². The Kier molecular flexibility index (Phi) is 3.43. The average molecular weight is 312 g/mol. The van der Waals surface area contributed by atoms with Crippen LogP contribution in [-0.2, 0) is 6.42 Å². The Hall–Kier alpha value is -2.08. The van der Waals surface area contributed by atoms with Crippen LogP contribution in [0.25, 0.3) is 32.3 Å². The van der Waals surface area contributed by atoms with E-state index in [0.29, 0.717) is 0 Å².